The van der Waals surface area contributed by atoms with Gasteiger partial charge in [-0.1, -0.05) is 0 Å². The second-order valence-electron chi connectivity index (χ2n) is 5.02. The maximum Gasteiger partial charge on any atom is 0.334 e. The molecule has 8 nitrogen and oxygen atoms in total. The summed E-state index contributed by atoms with van der Waals surface area (Å²) in [5.74, 6) is -0.945. The lowest BCUT2D eigenvalue weighted by atomic mass is 10.2. The second-order valence-corrected chi connectivity index (χ2v) is 5.02. The van der Waals surface area contributed by atoms with Gasteiger partial charge < -0.3 is 15.2 Å². The number of rotatable bonds is 6. The number of carbonyl (C=O) groups is 2. The minimum Gasteiger partial charge on any atom is -0.479 e. The van der Waals surface area contributed by atoms with Gasteiger partial charge in [-0.05, 0) is 32.0 Å². The smallest absolute Gasteiger partial charge is 0.334 e. The molecule has 2 aromatic rings. The standard InChI is InChI=1S/C15H18N4O4/c1-9-6-10(2)19(18-9)13-5-4-11(7-16-13)14(20)17-8-12(23-3)15(21)22/h4-7,12H,8H2,1-3H3,(H,17,20)(H,21,22). The normalized spacial score (nSPS) is 12.0. The number of hydrogen-bond donors (Lipinski definition) is 2. The number of nitrogens with zero attached hydrogens (tertiary/aromatic N) is 3. The number of hydrogen-bond acceptors (Lipinski definition) is 5. The van der Waals surface area contributed by atoms with Crippen LogP contribution in [0.15, 0.2) is 24.4 Å². The number of carbonyl (C=O) groups excluding carboxylic acids is 1. The van der Waals surface area contributed by atoms with E-state index in [4.69, 9.17) is 9.84 Å². The van der Waals surface area contributed by atoms with Gasteiger partial charge in [0, 0.05) is 19.0 Å². The summed E-state index contributed by atoms with van der Waals surface area (Å²) in [6.45, 7) is 3.68. The Balaban J connectivity index is 2.06. The lowest BCUT2D eigenvalue weighted by molar-refractivity contribution is -0.148. The van der Waals surface area contributed by atoms with Crippen molar-refractivity contribution >= 4 is 11.9 Å². The van der Waals surface area contributed by atoms with E-state index in [1.807, 2.05) is 19.9 Å². The Hall–Kier alpha value is -2.74. The van der Waals surface area contributed by atoms with Crippen molar-refractivity contribution in [2.45, 2.75) is 20.0 Å². The quantitative estimate of drug-likeness (QED) is 0.812. The van der Waals surface area contributed by atoms with Crippen LogP contribution in [0.2, 0.25) is 0 Å². The molecular weight excluding hydrogens is 300 g/mol. The first kappa shape index (κ1) is 16.6. The average Bonchev–Trinajstić information content (AvgIpc) is 2.86. The zero-order chi connectivity index (χ0) is 17.0. The maximum atomic E-state index is 12.0. The van der Waals surface area contributed by atoms with Gasteiger partial charge in [0.1, 0.15) is 0 Å². The molecule has 0 spiro atoms. The fourth-order valence-corrected chi connectivity index (χ4v) is 2.07. The van der Waals surface area contributed by atoms with Crippen molar-refractivity contribution in [2.24, 2.45) is 0 Å². The first-order valence-corrected chi connectivity index (χ1v) is 6.96. The van der Waals surface area contributed by atoms with Gasteiger partial charge in [0.15, 0.2) is 11.9 Å². The van der Waals surface area contributed by atoms with Gasteiger partial charge >= 0.3 is 5.97 Å². The summed E-state index contributed by atoms with van der Waals surface area (Å²) >= 11 is 0. The molecule has 0 aromatic carbocycles. The maximum absolute atomic E-state index is 12.0. The van der Waals surface area contributed by atoms with Gasteiger partial charge in [0.05, 0.1) is 17.8 Å². The second kappa shape index (κ2) is 7.01. The van der Waals surface area contributed by atoms with E-state index in [0.29, 0.717) is 11.4 Å². The Morgan fingerprint density at radius 2 is 2.13 bits per heavy atom. The fourth-order valence-electron chi connectivity index (χ4n) is 2.07. The van der Waals surface area contributed by atoms with Gasteiger partial charge in [-0.15, -0.1) is 0 Å². The minimum atomic E-state index is -1.13. The van der Waals surface area contributed by atoms with Crippen LogP contribution in [-0.2, 0) is 9.53 Å². The van der Waals surface area contributed by atoms with Gasteiger partial charge in [-0.2, -0.15) is 5.10 Å². The molecule has 0 aliphatic rings. The molecule has 8 heteroatoms. The molecule has 1 unspecified atom stereocenters. The molecule has 2 heterocycles. The van der Waals surface area contributed by atoms with Crippen LogP contribution < -0.4 is 5.32 Å². The first-order chi connectivity index (χ1) is 10.9. The number of aryl methyl sites for hydroxylation is 2. The fraction of sp³-hybridized carbons (Fsp3) is 0.333. The van der Waals surface area contributed by atoms with Crippen molar-refractivity contribution in [2.75, 3.05) is 13.7 Å². The summed E-state index contributed by atoms with van der Waals surface area (Å²) in [6, 6.07) is 5.22. The van der Waals surface area contributed by atoms with Crippen molar-refractivity contribution in [1.29, 1.82) is 0 Å². The van der Waals surface area contributed by atoms with Crippen LogP contribution in [0.3, 0.4) is 0 Å². The largest absolute Gasteiger partial charge is 0.479 e. The number of aromatic nitrogens is 3. The van der Waals surface area contributed by atoms with Gasteiger partial charge in [0.25, 0.3) is 5.91 Å². The lowest BCUT2D eigenvalue weighted by Crippen LogP contribution is -2.37. The van der Waals surface area contributed by atoms with Gasteiger partial charge in [-0.3, -0.25) is 4.79 Å². The number of aliphatic carboxylic acids is 1. The highest BCUT2D eigenvalue weighted by Gasteiger charge is 2.18. The van der Waals surface area contributed by atoms with Crippen LogP contribution in [0.1, 0.15) is 21.7 Å². The predicted octanol–water partition coefficient (Wildman–Crippen LogP) is 0.714. The Bertz CT molecular complexity index is 709. The van der Waals surface area contributed by atoms with E-state index in [1.54, 1.807) is 16.8 Å². The highest BCUT2D eigenvalue weighted by molar-refractivity contribution is 5.94. The van der Waals surface area contributed by atoms with E-state index < -0.39 is 18.0 Å². The molecule has 0 bridgehead atoms. The van der Waals surface area contributed by atoms with E-state index in [1.165, 1.54) is 13.3 Å². The topological polar surface area (TPSA) is 106 Å². The summed E-state index contributed by atoms with van der Waals surface area (Å²) in [5.41, 5.74) is 2.15. The van der Waals surface area contributed by atoms with E-state index in [2.05, 4.69) is 15.4 Å². The van der Waals surface area contributed by atoms with Crippen molar-refractivity contribution in [3.63, 3.8) is 0 Å². The van der Waals surface area contributed by atoms with Crippen LogP contribution in [0, 0.1) is 13.8 Å². The van der Waals surface area contributed by atoms with Crippen LogP contribution in [-0.4, -0.2) is 51.5 Å². The summed E-state index contributed by atoms with van der Waals surface area (Å²) in [5, 5.41) is 15.7. The Morgan fingerprint density at radius 3 is 2.61 bits per heavy atom. The molecule has 0 aliphatic heterocycles. The van der Waals surface area contributed by atoms with E-state index >= 15 is 0 Å². The summed E-state index contributed by atoms with van der Waals surface area (Å²) in [7, 11) is 1.27. The van der Waals surface area contributed by atoms with Gasteiger partial charge in [0.2, 0.25) is 0 Å². The molecule has 0 saturated carbocycles. The highest BCUT2D eigenvalue weighted by atomic mass is 16.5. The van der Waals surface area contributed by atoms with Crippen molar-refractivity contribution < 1.29 is 19.4 Å². The third kappa shape index (κ3) is 3.92. The molecule has 0 aliphatic carbocycles. The Kier molecular flexibility index (Phi) is 5.07. The average molecular weight is 318 g/mol. The van der Waals surface area contributed by atoms with Crippen molar-refractivity contribution in [3.05, 3.63) is 41.3 Å². The van der Waals surface area contributed by atoms with Crippen LogP contribution >= 0.6 is 0 Å². The molecule has 1 atom stereocenters. The summed E-state index contributed by atoms with van der Waals surface area (Å²) < 4.78 is 6.43. The third-order valence-electron chi connectivity index (χ3n) is 3.24. The molecule has 23 heavy (non-hydrogen) atoms. The summed E-state index contributed by atoms with van der Waals surface area (Å²) in [6.07, 6.45) is 0.338. The molecule has 0 radical (unpaired) electrons. The predicted molar refractivity (Wildman–Crippen MR) is 81.6 cm³/mol. The molecule has 2 N–H and O–H groups in total. The third-order valence-corrected chi connectivity index (χ3v) is 3.24. The monoisotopic (exact) mass is 318 g/mol. The lowest BCUT2D eigenvalue weighted by Gasteiger charge is -2.11. The number of amides is 1. The van der Waals surface area contributed by atoms with Gasteiger partial charge in [-0.25, -0.2) is 14.5 Å². The molecule has 1 amide bonds. The van der Waals surface area contributed by atoms with Crippen LogP contribution in [0.25, 0.3) is 5.82 Å². The van der Waals surface area contributed by atoms with E-state index in [0.717, 1.165) is 11.4 Å². The zero-order valence-corrected chi connectivity index (χ0v) is 13.1. The van der Waals surface area contributed by atoms with E-state index in [-0.39, 0.29) is 6.54 Å². The highest BCUT2D eigenvalue weighted by Crippen LogP contribution is 2.10. The molecule has 2 aromatic heterocycles. The SMILES string of the molecule is COC(CNC(=O)c1ccc(-n2nc(C)cc2C)nc1)C(=O)O. The van der Waals surface area contributed by atoms with Crippen molar-refractivity contribution in [3.8, 4) is 5.82 Å². The number of pyridine rings is 1. The number of carboxylic acid groups (broad SMARTS) is 1. The number of nitrogens with one attached hydrogen (secondary N) is 1. The van der Waals surface area contributed by atoms with Crippen LogP contribution in [0.5, 0.6) is 0 Å². The van der Waals surface area contributed by atoms with E-state index in [9.17, 15) is 9.59 Å². The summed E-state index contributed by atoms with van der Waals surface area (Å²) in [4.78, 5) is 27.0. The molecule has 2 rings (SSSR count). The zero-order valence-electron chi connectivity index (χ0n) is 13.1. The number of methoxy groups -OCH3 is 1. The number of ether oxygens (including phenoxy) is 1. The number of carboxylic acids is 1. The minimum absolute atomic E-state index is 0.121. The Morgan fingerprint density at radius 1 is 1.39 bits per heavy atom. The molecule has 122 valence electrons. The first-order valence-electron chi connectivity index (χ1n) is 6.96. The van der Waals surface area contributed by atoms with Crippen molar-refractivity contribution in [1.82, 2.24) is 20.1 Å². The van der Waals surface area contributed by atoms with Crippen LogP contribution in [0.4, 0.5) is 0 Å². The molecular formula is C15H18N4O4. The molecule has 0 fully saturated rings. The Labute approximate surface area is 133 Å². The molecule has 0 saturated heterocycles.